The van der Waals surface area contributed by atoms with E-state index < -0.39 is 17.9 Å². The number of hydrogen-bond donors (Lipinski definition) is 0. The Bertz CT molecular complexity index is 652. The van der Waals surface area contributed by atoms with E-state index in [9.17, 15) is 9.59 Å². The molecule has 2 rings (SSSR count). The second kappa shape index (κ2) is 6.63. The maximum Gasteiger partial charge on any atom is 0.326 e. The molecule has 0 radical (unpaired) electrons. The van der Waals surface area contributed by atoms with E-state index in [1.807, 2.05) is 0 Å². The van der Waals surface area contributed by atoms with Crippen LogP contribution in [0.2, 0.25) is 0 Å². The predicted octanol–water partition coefficient (Wildman–Crippen LogP) is 1.28. The van der Waals surface area contributed by atoms with E-state index in [0.717, 1.165) is 0 Å². The van der Waals surface area contributed by atoms with Crippen LogP contribution in [0.5, 0.6) is 0 Å². The first-order valence-electron chi connectivity index (χ1n) is 6.50. The normalized spacial score (nSPS) is 10.9. The molecule has 2 aromatic rings. The third kappa shape index (κ3) is 3.03. The lowest BCUT2D eigenvalue weighted by atomic mass is 10.0. The zero-order valence-electron chi connectivity index (χ0n) is 11.8. The van der Waals surface area contributed by atoms with E-state index in [0.29, 0.717) is 11.0 Å². The average molecular weight is 309 g/mol. The standard InChI is InChI=1S/C13H16N3O4P/c1-3-19-12(17)9(13(18)20-4-2)10-8-5-6-16(21)11(8)15-7-14-10/h5-7,9H,3-4,21H2,1-2H3. The van der Waals surface area contributed by atoms with Crippen molar-refractivity contribution in [3.8, 4) is 0 Å². The number of ether oxygens (including phenoxy) is 2. The summed E-state index contributed by atoms with van der Waals surface area (Å²) in [6.45, 7) is 3.70. The van der Waals surface area contributed by atoms with Gasteiger partial charge in [0.1, 0.15) is 12.0 Å². The Kier molecular flexibility index (Phi) is 4.85. The molecule has 21 heavy (non-hydrogen) atoms. The summed E-state index contributed by atoms with van der Waals surface area (Å²) in [4.78, 5) is 32.4. The van der Waals surface area contributed by atoms with E-state index >= 15 is 0 Å². The molecule has 8 heteroatoms. The molecule has 0 bridgehead atoms. The lowest BCUT2D eigenvalue weighted by Gasteiger charge is -2.14. The fourth-order valence-electron chi connectivity index (χ4n) is 1.99. The number of carbonyl (C=O) groups is 2. The van der Waals surface area contributed by atoms with Crippen LogP contribution >= 0.6 is 9.39 Å². The minimum absolute atomic E-state index is 0.174. The molecule has 0 fully saturated rings. The monoisotopic (exact) mass is 309 g/mol. The van der Waals surface area contributed by atoms with Crippen molar-refractivity contribution < 1.29 is 19.1 Å². The van der Waals surface area contributed by atoms with Crippen LogP contribution in [0.25, 0.3) is 11.0 Å². The molecule has 0 saturated carbocycles. The summed E-state index contributed by atoms with van der Waals surface area (Å²) in [5.41, 5.74) is 0.890. The van der Waals surface area contributed by atoms with Crippen LogP contribution < -0.4 is 0 Å². The van der Waals surface area contributed by atoms with E-state index in [2.05, 4.69) is 19.4 Å². The van der Waals surface area contributed by atoms with Crippen molar-refractivity contribution in [2.24, 2.45) is 0 Å². The molecule has 0 amide bonds. The molecule has 0 saturated heterocycles. The number of carbonyl (C=O) groups excluding carboxylic acids is 2. The van der Waals surface area contributed by atoms with Crippen molar-refractivity contribution >= 4 is 32.4 Å². The third-order valence-corrected chi connectivity index (χ3v) is 3.27. The quantitative estimate of drug-likeness (QED) is 0.470. The van der Waals surface area contributed by atoms with Crippen LogP contribution in [-0.4, -0.2) is 39.5 Å². The van der Waals surface area contributed by atoms with Gasteiger partial charge in [-0.05, 0) is 29.3 Å². The molecule has 2 aromatic heterocycles. The maximum absolute atomic E-state index is 12.1. The molecule has 0 spiro atoms. The fourth-order valence-corrected chi connectivity index (χ4v) is 2.28. The molecule has 7 nitrogen and oxygen atoms in total. The topological polar surface area (TPSA) is 83.3 Å². The summed E-state index contributed by atoms with van der Waals surface area (Å²) in [6, 6.07) is 1.74. The Hall–Kier alpha value is -2.01. The Morgan fingerprint density at radius 3 is 2.43 bits per heavy atom. The largest absolute Gasteiger partial charge is 0.465 e. The van der Waals surface area contributed by atoms with Gasteiger partial charge in [0.15, 0.2) is 5.92 Å². The van der Waals surface area contributed by atoms with Gasteiger partial charge in [-0.3, -0.25) is 9.59 Å². The molecule has 1 unspecified atom stereocenters. The van der Waals surface area contributed by atoms with E-state index in [1.54, 1.807) is 30.4 Å². The summed E-state index contributed by atoms with van der Waals surface area (Å²) in [6.07, 6.45) is 3.06. The van der Waals surface area contributed by atoms with Crippen molar-refractivity contribution in [2.45, 2.75) is 19.8 Å². The molecule has 2 heterocycles. The zero-order valence-corrected chi connectivity index (χ0v) is 12.9. The first kappa shape index (κ1) is 15.4. The molecule has 0 aliphatic heterocycles. The lowest BCUT2D eigenvalue weighted by molar-refractivity contribution is -0.157. The number of fused-ring (bicyclic) bond motifs is 1. The smallest absolute Gasteiger partial charge is 0.326 e. The van der Waals surface area contributed by atoms with Crippen LogP contribution in [0.4, 0.5) is 0 Å². The van der Waals surface area contributed by atoms with Crippen LogP contribution in [0.1, 0.15) is 25.5 Å². The molecule has 112 valence electrons. The Morgan fingerprint density at radius 2 is 1.86 bits per heavy atom. The van der Waals surface area contributed by atoms with E-state index in [-0.39, 0.29) is 18.9 Å². The summed E-state index contributed by atoms with van der Waals surface area (Å²) >= 11 is 0. The highest BCUT2D eigenvalue weighted by atomic mass is 31.0. The predicted molar refractivity (Wildman–Crippen MR) is 78.6 cm³/mol. The summed E-state index contributed by atoms with van der Waals surface area (Å²) in [7, 11) is 2.47. The Balaban J connectivity index is 2.52. The number of nitrogens with zero attached hydrogens (tertiary/aromatic N) is 3. The van der Waals surface area contributed by atoms with Gasteiger partial charge in [-0.25, -0.2) is 9.97 Å². The van der Waals surface area contributed by atoms with Gasteiger partial charge in [-0.15, -0.1) is 0 Å². The number of aromatic nitrogens is 3. The first-order valence-corrected chi connectivity index (χ1v) is 7.02. The highest BCUT2D eigenvalue weighted by Crippen LogP contribution is 2.26. The van der Waals surface area contributed by atoms with Crippen molar-refractivity contribution in [3.05, 3.63) is 24.3 Å². The van der Waals surface area contributed by atoms with Crippen LogP contribution in [-0.2, 0) is 19.1 Å². The average Bonchev–Trinajstić information content (AvgIpc) is 2.82. The van der Waals surface area contributed by atoms with Crippen molar-refractivity contribution in [2.75, 3.05) is 13.2 Å². The van der Waals surface area contributed by atoms with E-state index in [1.165, 1.54) is 6.33 Å². The fraction of sp³-hybridized carbons (Fsp3) is 0.385. The first-order chi connectivity index (χ1) is 10.1. The summed E-state index contributed by atoms with van der Waals surface area (Å²) in [5, 5.41) is 0.610. The van der Waals surface area contributed by atoms with Gasteiger partial charge in [0.25, 0.3) is 0 Å². The zero-order chi connectivity index (χ0) is 15.4. The van der Waals surface area contributed by atoms with Crippen molar-refractivity contribution in [1.82, 2.24) is 14.3 Å². The third-order valence-electron chi connectivity index (χ3n) is 2.86. The second-order valence-corrected chi connectivity index (χ2v) is 4.71. The SMILES string of the molecule is CCOC(=O)C(C(=O)OCC)c1ncnc2c1ccn2P. The second-order valence-electron chi connectivity index (χ2n) is 4.16. The molecule has 0 N–H and O–H groups in total. The highest BCUT2D eigenvalue weighted by molar-refractivity contribution is 7.14. The van der Waals surface area contributed by atoms with Gasteiger partial charge in [0, 0.05) is 11.6 Å². The molecule has 1 atom stereocenters. The maximum atomic E-state index is 12.1. The Morgan fingerprint density at radius 1 is 1.24 bits per heavy atom. The highest BCUT2D eigenvalue weighted by Gasteiger charge is 2.34. The molecule has 0 aliphatic rings. The van der Waals surface area contributed by atoms with Gasteiger partial charge in [-0.2, -0.15) is 0 Å². The molecular weight excluding hydrogens is 293 g/mol. The van der Waals surface area contributed by atoms with Crippen molar-refractivity contribution in [3.63, 3.8) is 0 Å². The van der Waals surface area contributed by atoms with Crippen molar-refractivity contribution in [1.29, 1.82) is 0 Å². The van der Waals surface area contributed by atoms with Gasteiger partial charge < -0.3 is 13.8 Å². The van der Waals surface area contributed by atoms with Crippen LogP contribution in [0.15, 0.2) is 18.6 Å². The number of rotatable bonds is 5. The Labute approximate surface area is 123 Å². The van der Waals surface area contributed by atoms with Gasteiger partial charge in [0.05, 0.1) is 18.9 Å². The van der Waals surface area contributed by atoms with Crippen LogP contribution in [0, 0.1) is 0 Å². The summed E-state index contributed by atoms with van der Waals surface area (Å²) < 4.78 is 11.6. The number of esters is 2. The molecule has 0 aliphatic carbocycles. The molecular formula is C13H16N3O4P. The van der Waals surface area contributed by atoms with Gasteiger partial charge in [0.2, 0.25) is 0 Å². The van der Waals surface area contributed by atoms with Crippen LogP contribution in [0.3, 0.4) is 0 Å². The lowest BCUT2D eigenvalue weighted by Crippen LogP contribution is -2.27. The minimum Gasteiger partial charge on any atom is -0.465 e. The van der Waals surface area contributed by atoms with Gasteiger partial charge in [-0.1, -0.05) is 0 Å². The minimum atomic E-state index is -1.21. The van der Waals surface area contributed by atoms with E-state index in [4.69, 9.17) is 9.47 Å². The molecule has 0 aromatic carbocycles. The summed E-state index contributed by atoms with van der Waals surface area (Å²) in [5.74, 6) is -2.55. The van der Waals surface area contributed by atoms with Gasteiger partial charge >= 0.3 is 11.9 Å². The number of hydrogen-bond acceptors (Lipinski definition) is 6.